The molecule has 1 aliphatic rings. The number of nitrogens with one attached hydrogen (secondary N) is 2. The fourth-order valence-electron chi connectivity index (χ4n) is 2.75. The van der Waals surface area contributed by atoms with Gasteiger partial charge in [-0.2, -0.15) is 0 Å². The number of carbonyl (C=O) groups excluding carboxylic acids is 1. The summed E-state index contributed by atoms with van der Waals surface area (Å²) in [6, 6.07) is 0. The van der Waals surface area contributed by atoms with Gasteiger partial charge in [0.15, 0.2) is 0 Å². The molecule has 0 bridgehead atoms. The quantitative estimate of drug-likeness (QED) is 0.773. The van der Waals surface area contributed by atoms with Crippen LogP contribution in [0.4, 0.5) is 0 Å². The van der Waals surface area contributed by atoms with E-state index in [-0.39, 0.29) is 11.3 Å². The molecule has 0 radical (unpaired) electrons. The molecule has 1 fully saturated rings. The van der Waals surface area contributed by atoms with Crippen molar-refractivity contribution < 1.29 is 4.79 Å². The van der Waals surface area contributed by atoms with E-state index in [9.17, 15) is 4.79 Å². The zero-order chi connectivity index (χ0) is 12.9. The fourth-order valence-corrected chi connectivity index (χ4v) is 2.75. The number of rotatable bonds is 5. The van der Waals surface area contributed by atoms with Crippen LogP contribution in [0, 0.1) is 17.3 Å². The minimum Gasteiger partial charge on any atom is -0.359 e. The first-order valence-electron chi connectivity index (χ1n) is 6.88. The molecule has 3 nitrogen and oxygen atoms in total. The highest BCUT2D eigenvalue weighted by Crippen LogP contribution is 2.28. The fraction of sp³-hybridized carbons (Fsp3) is 0.929. The van der Waals surface area contributed by atoms with Crippen LogP contribution in [0.1, 0.15) is 46.5 Å². The van der Waals surface area contributed by atoms with Gasteiger partial charge in [-0.3, -0.25) is 4.79 Å². The summed E-state index contributed by atoms with van der Waals surface area (Å²) in [6.45, 7) is 8.15. The molecule has 1 amide bonds. The van der Waals surface area contributed by atoms with Crippen molar-refractivity contribution in [1.29, 1.82) is 0 Å². The Morgan fingerprint density at radius 2 is 2.06 bits per heavy atom. The Morgan fingerprint density at radius 3 is 2.65 bits per heavy atom. The van der Waals surface area contributed by atoms with Crippen molar-refractivity contribution in [1.82, 2.24) is 10.6 Å². The van der Waals surface area contributed by atoms with Gasteiger partial charge in [0.2, 0.25) is 5.91 Å². The van der Waals surface area contributed by atoms with Crippen LogP contribution in [-0.2, 0) is 4.79 Å². The van der Waals surface area contributed by atoms with E-state index in [4.69, 9.17) is 0 Å². The van der Waals surface area contributed by atoms with Crippen LogP contribution in [0.15, 0.2) is 0 Å². The largest absolute Gasteiger partial charge is 0.359 e. The van der Waals surface area contributed by atoms with Gasteiger partial charge in [-0.05, 0) is 45.1 Å². The second kappa shape index (κ2) is 6.39. The lowest BCUT2D eigenvalue weighted by Crippen LogP contribution is -2.43. The molecule has 0 heterocycles. The second-order valence-corrected chi connectivity index (χ2v) is 6.23. The lowest BCUT2D eigenvalue weighted by atomic mass is 9.82. The summed E-state index contributed by atoms with van der Waals surface area (Å²) in [6.07, 6.45) is 5.44. The van der Waals surface area contributed by atoms with E-state index in [1.54, 1.807) is 7.05 Å². The molecule has 1 saturated carbocycles. The predicted molar refractivity (Wildman–Crippen MR) is 71.8 cm³/mol. The molecule has 100 valence electrons. The maximum Gasteiger partial charge on any atom is 0.226 e. The molecular formula is C14H28N2O. The molecule has 0 aromatic rings. The van der Waals surface area contributed by atoms with Gasteiger partial charge in [0.1, 0.15) is 0 Å². The van der Waals surface area contributed by atoms with Crippen molar-refractivity contribution in [2.24, 2.45) is 17.3 Å². The van der Waals surface area contributed by atoms with E-state index in [1.165, 1.54) is 25.7 Å². The van der Waals surface area contributed by atoms with Crippen LogP contribution >= 0.6 is 0 Å². The highest BCUT2D eigenvalue weighted by molar-refractivity contribution is 5.81. The third-order valence-electron chi connectivity index (χ3n) is 3.89. The zero-order valence-electron chi connectivity index (χ0n) is 11.8. The predicted octanol–water partition coefficient (Wildman–Crippen LogP) is 2.17. The lowest BCUT2D eigenvalue weighted by molar-refractivity contribution is -0.128. The van der Waals surface area contributed by atoms with Crippen molar-refractivity contribution in [3.8, 4) is 0 Å². The highest BCUT2D eigenvalue weighted by Gasteiger charge is 2.26. The van der Waals surface area contributed by atoms with Crippen molar-refractivity contribution in [2.45, 2.75) is 46.5 Å². The van der Waals surface area contributed by atoms with Crippen LogP contribution < -0.4 is 10.6 Å². The molecular weight excluding hydrogens is 212 g/mol. The number of amides is 1. The Labute approximate surface area is 106 Å². The maximum absolute atomic E-state index is 11.6. The Hall–Kier alpha value is -0.570. The molecule has 2 N–H and O–H groups in total. The van der Waals surface area contributed by atoms with Gasteiger partial charge in [0, 0.05) is 13.6 Å². The minimum absolute atomic E-state index is 0.113. The number of hydrogen-bond acceptors (Lipinski definition) is 2. The Bertz CT molecular complexity index is 251. The number of carbonyl (C=O) groups is 1. The monoisotopic (exact) mass is 240 g/mol. The smallest absolute Gasteiger partial charge is 0.226 e. The van der Waals surface area contributed by atoms with Crippen molar-refractivity contribution in [3.63, 3.8) is 0 Å². The van der Waals surface area contributed by atoms with Gasteiger partial charge in [0.05, 0.1) is 5.41 Å². The van der Waals surface area contributed by atoms with E-state index in [1.807, 2.05) is 13.8 Å². The van der Waals surface area contributed by atoms with E-state index >= 15 is 0 Å². The first-order valence-corrected chi connectivity index (χ1v) is 6.88. The van der Waals surface area contributed by atoms with Crippen LogP contribution in [0.3, 0.4) is 0 Å². The van der Waals surface area contributed by atoms with E-state index < -0.39 is 0 Å². The zero-order valence-corrected chi connectivity index (χ0v) is 11.8. The first-order chi connectivity index (χ1) is 7.95. The van der Waals surface area contributed by atoms with Crippen LogP contribution in [0.25, 0.3) is 0 Å². The first kappa shape index (κ1) is 14.5. The summed E-state index contributed by atoms with van der Waals surface area (Å²) in [5.74, 6) is 1.80. The Balaban J connectivity index is 2.25. The van der Waals surface area contributed by atoms with Gasteiger partial charge in [-0.1, -0.05) is 19.8 Å². The van der Waals surface area contributed by atoms with Gasteiger partial charge in [-0.15, -0.1) is 0 Å². The van der Waals surface area contributed by atoms with Gasteiger partial charge in [0.25, 0.3) is 0 Å². The third kappa shape index (κ3) is 4.66. The van der Waals surface area contributed by atoms with E-state index in [0.29, 0.717) is 0 Å². The van der Waals surface area contributed by atoms with Crippen molar-refractivity contribution in [2.75, 3.05) is 20.1 Å². The van der Waals surface area contributed by atoms with Gasteiger partial charge < -0.3 is 10.6 Å². The standard InChI is InChI=1S/C14H28N2O/c1-11-6-5-7-12(8-11)9-16-10-14(2,3)13(17)15-4/h11-12,16H,5-10H2,1-4H3,(H,15,17)/t11-,12+/m0/s1. The normalized spacial score (nSPS) is 25.6. The molecule has 0 saturated heterocycles. The summed E-state index contributed by atoms with van der Waals surface area (Å²) in [7, 11) is 1.70. The third-order valence-corrected chi connectivity index (χ3v) is 3.89. The number of hydrogen-bond donors (Lipinski definition) is 2. The topological polar surface area (TPSA) is 41.1 Å². The van der Waals surface area contributed by atoms with E-state index in [2.05, 4.69) is 17.6 Å². The summed E-state index contributed by atoms with van der Waals surface area (Å²) < 4.78 is 0. The maximum atomic E-state index is 11.6. The Kier molecular flexibility index (Phi) is 5.44. The second-order valence-electron chi connectivity index (χ2n) is 6.23. The van der Waals surface area contributed by atoms with Crippen LogP contribution in [0.2, 0.25) is 0 Å². The molecule has 0 aromatic carbocycles. The average molecular weight is 240 g/mol. The molecule has 17 heavy (non-hydrogen) atoms. The van der Waals surface area contributed by atoms with Gasteiger partial charge >= 0.3 is 0 Å². The van der Waals surface area contributed by atoms with Crippen molar-refractivity contribution >= 4 is 5.91 Å². The summed E-state index contributed by atoms with van der Waals surface area (Å²) in [4.78, 5) is 11.6. The average Bonchev–Trinajstić information content (AvgIpc) is 2.27. The van der Waals surface area contributed by atoms with Gasteiger partial charge in [-0.25, -0.2) is 0 Å². The van der Waals surface area contributed by atoms with E-state index in [0.717, 1.165) is 24.9 Å². The molecule has 0 unspecified atom stereocenters. The SMILES string of the molecule is CNC(=O)C(C)(C)CNC[C@@H]1CCC[C@H](C)C1. The summed E-state index contributed by atoms with van der Waals surface area (Å²) in [5.41, 5.74) is -0.310. The lowest BCUT2D eigenvalue weighted by Gasteiger charge is -2.29. The molecule has 3 heteroatoms. The minimum atomic E-state index is -0.310. The molecule has 2 atom stereocenters. The highest BCUT2D eigenvalue weighted by atomic mass is 16.2. The van der Waals surface area contributed by atoms with Crippen molar-refractivity contribution in [3.05, 3.63) is 0 Å². The molecule has 0 spiro atoms. The summed E-state index contributed by atoms with van der Waals surface area (Å²) in [5, 5.41) is 6.19. The molecule has 1 rings (SSSR count). The van der Waals surface area contributed by atoms with Crippen LogP contribution in [0.5, 0.6) is 0 Å². The Morgan fingerprint density at radius 1 is 1.35 bits per heavy atom. The summed E-state index contributed by atoms with van der Waals surface area (Å²) >= 11 is 0. The molecule has 1 aliphatic carbocycles. The molecule has 0 aliphatic heterocycles. The molecule has 0 aromatic heterocycles. The van der Waals surface area contributed by atoms with Crippen LogP contribution in [-0.4, -0.2) is 26.0 Å².